The summed E-state index contributed by atoms with van der Waals surface area (Å²) in [7, 11) is 0. The Kier molecular flexibility index (Phi) is 4.47. The Morgan fingerprint density at radius 3 is 2.81 bits per heavy atom. The highest BCUT2D eigenvalue weighted by Crippen LogP contribution is 2.10. The van der Waals surface area contributed by atoms with Crippen molar-refractivity contribution in [2.24, 2.45) is 0 Å². The van der Waals surface area contributed by atoms with Gasteiger partial charge in [-0.15, -0.1) is 0 Å². The predicted molar refractivity (Wildman–Crippen MR) is 77.7 cm³/mol. The molecular weight excluding hydrogens is 273 g/mol. The van der Waals surface area contributed by atoms with Crippen LogP contribution < -0.4 is 10.9 Å². The highest BCUT2D eigenvalue weighted by atomic mass is 19.1. The lowest BCUT2D eigenvalue weighted by Crippen LogP contribution is -2.20. The number of benzene rings is 1. The molecule has 0 bridgehead atoms. The molecule has 0 saturated heterocycles. The number of hydrogen-bond acceptors (Lipinski definition) is 3. The minimum atomic E-state index is -0.414. The number of nitrogens with one attached hydrogen (secondary N) is 2. The Hall–Kier alpha value is -2.50. The van der Waals surface area contributed by atoms with E-state index in [0.717, 1.165) is 0 Å². The largest absolute Gasteiger partial charge is 0.326 e. The lowest BCUT2D eigenvalue weighted by atomic mass is 10.1. The summed E-state index contributed by atoms with van der Waals surface area (Å²) in [4.78, 5) is 30.4. The van der Waals surface area contributed by atoms with Gasteiger partial charge in [-0.25, -0.2) is 9.37 Å². The molecule has 0 atom stereocenters. The van der Waals surface area contributed by atoms with E-state index in [-0.39, 0.29) is 24.3 Å². The second-order valence-electron chi connectivity index (χ2n) is 4.77. The number of hydrogen-bond donors (Lipinski definition) is 2. The van der Waals surface area contributed by atoms with Gasteiger partial charge in [0, 0.05) is 23.4 Å². The molecule has 0 spiro atoms. The van der Waals surface area contributed by atoms with Gasteiger partial charge in [-0.05, 0) is 38.5 Å². The summed E-state index contributed by atoms with van der Waals surface area (Å²) in [6, 6.07) is 5.66. The molecular formula is C15H16FN3O2. The number of amides is 1. The molecule has 5 nitrogen and oxygen atoms in total. The van der Waals surface area contributed by atoms with Crippen molar-refractivity contribution in [2.45, 2.75) is 26.7 Å². The van der Waals surface area contributed by atoms with Crippen molar-refractivity contribution in [2.75, 3.05) is 5.32 Å². The second kappa shape index (κ2) is 6.30. The topological polar surface area (TPSA) is 74.8 Å². The molecule has 0 saturated carbocycles. The molecule has 2 N–H and O–H groups in total. The quantitative estimate of drug-likeness (QED) is 0.905. The third-order valence-corrected chi connectivity index (χ3v) is 3.05. The maximum absolute atomic E-state index is 13.0. The molecule has 0 aliphatic carbocycles. The van der Waals surface area contributed by atoms with Gasteiger partial charge >= 0.3 is 0 Å². The summed E-state index contributed by atoms with van der Waals surface area (Å²) < 4.78 is 13.0. The Labute approximate surface area is 121 Å². The molecule has 0 unspecified atom stereocenters. The lowest BCUT2D eigenvalue weighted by Gasteiger charge is -2.07. The van der Waals surface area contributed by atoms with Crippen LogP contribution in [-0.4, -0.2) is 15.9 Å². The number of carbonyl (C=O) groups is 1. The predicted octanol–water partition coefficient (Wildman–Crippen LogP) is 2.10. The van der Waals surface area contributed by atoms with Crippen LogP contribution >= 0.6 is 0 Å². The monoisotopic (exact) mass is 289 g/mol. The normalized spacial score (nSPS) is 10.4. The number of rotatable bonds is 4. The first-order valence-electron chi connectivity index (χ1n) is 6.57. The van der Waals surface area contributed by atoms with Crippen LogP contribution in [-0.2, 0) is 11.2 Å². The molecule has 1 aromatic carbocycles. The van der Waals surface area contributed by atoms with E-state index in [9.17, 15) is 14.0 Å². The van der Waals surface area contributed by atoms with Crippen LogP contribution in [0, 0.1) is 19.7 Å². The van der Waals surface area contributed by atoms with Crippen molar-refractivity contribution >= 4 is 11.6 Å². The first kappa shape index (κ1) is 14.9. The maximum atomic E-state index is 13.0. The number of carbonyl (C=O) groups excluding carboxylic acids is 1. The van der Waals surface area contributed by atoms with Crippen LogP contribution in [0.1, 0.15) is 23.5 Å². The summed E-state index contributed by atoms with van der Waals surface area (Å²) in [5.74, 6) is -0.145. The van der Waals surface area contributed by atoms with Gasteiger partial charge in [0.15, 0.2) is 0 Å². The number of nitrogens with zero attached hydrogens (tertiary/aromatic N) is 1. The average molecular weight is 289 g/mol. The van der Waals surface area contributed by atoms with Crippen molar-refractivity contribution in [1.82, 2.24) is 9.97 Å². The molecule has 21 heavy (non-hydrogen) atoms. The van der Waals surface area contributed by atoms with Crippen molar-refractivity contribution in [3.05, 3.63) is 57.5 Å². The van der Waals surface area contributed by atoms with E-state index < -0.39 is 5.82 Å². The van der Waals surface area contributed by atoms with Gasteiger partial charge < -0.3 is 10.3 Å². The third kappa shape index (κ3) is 3.98. The molecule has 6 heteroatoms. The minimum absolute atomic E-state index is 0.130. The molecule has 2 aromatic rings. The van der Waals surface area contributed by atoms with Crippen LogP contribution in [0.15, 0.2) is 29.1 Å². The van der Waals surface area contributed by atoms with Crippen molar-refractivity contribution < 1.29 is 9.18 Å². The fourth-order valence-corrected chi connectivity index (χ4v) is 2.07. The Morgan fingerprint density at radius 2 is 2.14 bits per heavy atom. The lowest BCUT2D eigenvalue weighted by molar-refractivity contribution is -0.116. The van der Waals surface area contributed by atoms with Gasteiger partial charge in [-0.3, -0.25) is 9.59 Å². The maximum Gasteiger partial charge on any atom is 0.254 e. The van der Waals surface area contributed by atoms with Gasteiger partial charge in [0.05, 0.1) is 0 Å². The fraction of sp³-hybridized carbons (Fsp3) is 0.267. The number of aryl methyl sites for hydroxylation is 2. The van der Waals surface area contributed by atoms with E-state index in [1.165, 1.54) is 18.2 Å². The van der Waals surface area contributed by atoms with Gasteiger partial charge in [-0.2, -0.15) is 0 Å². The Bertz CT molecular complexity index is 725. The van der Waals surface area contributed by atoms with Crippen LogP contribution in [0.3, 0.4) is 0 Å². The van der Waals surface area contributed by atoms with E-state index in [0.29, 0.717) is 22.8 Å². The van der Waals surface area contributed by atoms with E-state index in [1.54, 1.807) is 19.9 Å². The van der Waals surface area contributed by atoms with Crippen LogP contribution in [0.2, 0.25) is 0 Å². The van der Waals surface area contributed by atoms with Crippen LogP contribution in [0.5, 0.6) is 0 Å². The zero-order valence-corrected chi connectivity index (χ0v) is 11.9. The smallest absolute Gasteiger partial charge is 0.254 e. The van der Waals surface area contributed by atoms with Crippen molar-refractivity contribution in [3.63, 3.8) is 0 Å². The van der Waals surface area contributed by atoms with E-state index >= 15 is 0 Å². The molecule has 1 amide bonds. The van der Waals surface area contributed by atoms with Crippen LogP contribution in [0.4, 0.5) is 10.1 Å². The van der Waals surface area contributed by atoms with Gasteiger partial charge in [-0.1, -0.05) is 6.07 Å². The summed E-state index contributed by atoms with van der Waals surface area (Å²) >= 11 is 0. The van der Waals surface area contributed by atoms with Crippen LogP contribution in [0.25, 0.3) is 0 Å². The van der Waals surface area contributed by atoms with Gasteiger partial charge in [0.2, 0.25) is 5.91 Å². The molecule has 0 radical (unpaired) electrons. The molecule has 0 aliphatic rings. The summed E-state index contributed by atoms with van der Waals surface area (Å²) in [6.45, 7) is 3.44. The third-order valence-electron chi connectivity index (χ3n) is 3.05. The van der Waals surface area contributed by atoms with Crippen molar-refractivity contribution in [1.29, 1.82) is 0 Å². The Balaban J connectivity index is 2.00. The average Bonchev–Trinajstić information content (AvgIpc) is 2.37. The zero-order chi connectivity index (χ0) is 15.4. The molecule has 110 valence electrons. The number of halogens is 1. The first-order valence-corrected chi connectivity index (χ1v) is 6.57. The number of H-pyrrole nitrogens is 1. The number of aromatic amines is 1. The highest BCUT2D eigenvalue weighted by molar-refractivity contribution is 5.90. The Morgan fingerprint density at radius 1 is 1.38 bits per heavy atom. The summed E-state index contributed by atoms with van der Waals surface area (Å²) in [6.07, 6.45) is 0.417. The highest BCUT2D eigenvalue weighted by Gasteiger charge is 2.10. The second-order valence-corrected chi connectivity index (χ2v) is 4.77. The van der Waals surface area contributed by atoms with Crippen molar-refractivity contribution in [3.8, 4) is 0 Å². The molecule has 0 fully saturated rings. The van der Waals surface area contributed by atoms with E-state index in [2.05, 4.69) is 15.3 Å². The zero-order valence-electron chi connectivity index (χ0n) is 11.9. The standard InChI is InChI=1S/C15H16FN3O2/c1-9-13(15(21)18-10(2)17-9)6-7-14(20)19-12-5-3-4-11(16)8-12/h3-5,8H,6-7H2,1-2H3,(H,19,20)(H,17,18,21). The molecule has 2 rings (SSSR count). The molecule has 0 aliphatic heterocycles. The van der Waals surface area contributed by atoms with Gasteiger partial charge in [0.1, 0.15) is 11.6 Å². The molecule has 1 heterocycles. The van der Waals surface area contributed by atoms with Gasteiger partial charge in [0.25, 0.3) is 5.56 Å². The fourth-order valence-electron chi connectivity index (χ4n) is 2.07. The molecule has 1 aromatic heterocycles. The number of aromatic nitrogens is 2. The number of anilines is 1. The minimum Gasteiger partial charge on any atom is -0.326 e. The summed E-state index contributed by atoms with van der Waals surface area (Å²) in [5, 5.41) is 2.59. The first-order chi connectivity index (χ1) is 9.95. The summed E-state index contributed by atoms with van der Waals surface area (Å²) in [5.41, 5.74) is 1.29. The SMILES string of the molecule is Cc1nc(C)c(CCC(=O)Nc2cccc(F)c2)c(=O)[nH]1. The van der Waals surface area contributed by atoms with E-state index in [4.69, 9.17) is 0 Å². The van der Waals surface area contributed by atoms with E-state index in [1.807, 2.05) is 0 Å².